The van der Waals surface area contributed by atoms with Gasteiger partial charge in [0.2, 0.25) is 0 Å². The maximum atomic E-state index is 13.0. The van der Waals surface area contributed by atoms with Crippen LogP contribution in [0.3, 0.4) is 0 Å². The number of halogens is 1. The number of nitrogens with zero attached hydrogens (tertiary/aromatic N) is 2. The number of carbonyl (C=O) groups excluding carboxylic acids is 1. The van der Waals surface area contributed by atoms with E-state index in [4.69, 9.17) is 4.52 Å². The van der Waals surface area contributed by atoms with Crippen molar-refractivity contribution in [3.63, 3.8) is 0 Å². The second-order valence-electron chi connectivity index (χ2n) is 4.97. The molecule has 22 heavy (non-hydrogen) atoms. The summed E-state index contributed by atoms with van der Waals surface area (Å²) in [5.74, 6) is -0.351. The van der Waals surface area contributed by atoms with Gasteiger partial charge in [-0.05, 0) is 29.8 Å². The van der Waals surface area contributed by atoms with Crippen molar-refractivity contribution in [2.75, 3.05) is 18.8 Å². The van der Waals surface area contributed by atoms with Crippen LogP contribution in [-0.4, -0.2) is 24.7 Å². The number of amides is 1. The minimum atomic E-state index is -1.23. The van der Waals surface area contributed by atoms with Crippen molar-refractivity contribution in [3.05, 3.63) is 65.5 Å². The zero-order chi connectivity index (χ0) is 15.7. The topological polar surface area (TPSA) is 32.8 Å². The van der Waals surface area contributed by atoms with Crippen LogP contribution < -0.4 is 4.67 Å². The fourth-order valence-corrected chi connectivity index (χ4v) is 4.20. The van der Waals surface area contributed by atoms with Crippen molar-refractivity contribution in [2.45, 2.75) is 6.54 Å². The molecule has 1 unspecified atom stereocenters. The molecule has 0 aromatic heterocycles. The third kappa shape index (κ3) is 2.58. The number of rotatable bonds is 3. The Morgan fingerprint density at radius 1 is 1.14 bits per heavy atom. The molecule has 1 amide bonds. The monoisotopic (exact) mass is 318 g/mol. The van der Waals surface area contributed by atoms with Crippen LogP contribution in [0.2, 0.25) is 0 Å². The number of hydrogen-bond donors (Lipinski definition) is 0. The van der Waals surface area contributed by atoms with Crippen molar-refractivity contribution in [2.24, 2.45) is 0 Å². The van der Waals surface area contributed by atoms with Crippen LogP contribution in [-0.2, 0) is 11.1 Å². The first kappa shape index (κ1) is 14.9. The Bertz CT molecular complexity index is 693. The van der Waals surface area contributed by atoms with Gasteiger partial charge in [0.05, 0.1) is 17.8 Å². The van der Waals surface area contributed by atoms with Crippen molar-refractivity contribution in [3.8, 4) is 0 Å². The molecule has 2 aromatic rings. The van der Waals surface area contributed by atoms with Gasteiger partial charge in [0.1, 0.15) is 5.82 Å². The number of fused-ring (bicyclic) bond motifs is 1. The summed E-state index contributed by atoms with van der Waals surface area (Å²) in [6, 6.07) is 13.7. The normalized spacial score (nSPS) is 17.6. The molecule has 4 nitrogen and oxygen atoms in total. The highest BCUT2D eigenvalue weighted by Gasteiger charge is 2.36. The van der Waals surface area contributed by atoms with Crippen LogP contribution in [0, 0.1) is 5.82 Å². The summed E-state index contributed by atoms with van der Waals surface area (Å²) >= 11 is 0. The van der Waals surface area contributed by atoms with Gasteiger partial charge >= 0.3 is 0 Å². The number of hydrogen-bond acceptors (Lipinski definition) is 3. The van der Waals surface area contributed by atoms with E-state index in [-0.39, 0.29) is 11.7 Å². The third-order valence-corrected chi connectivity index (χ3v) is 5.38. The molecular weight excluding hydrogens is 302 g/mol. The third-order valence-electron chi connectivity index (χ3n) is 3.59. The molecule has 0 saturated heterocycles. The SMILES string of the molecule is COP1N(Cc2ccc(F)cc2)C(=O)c2ccccc2N1C. The minimum Gasteiger partial charge on any atom is -0.326 e. The number of anilines is 1. The molecule has 0 spiro atoms. The van der Waals surface area contributed by atoms with Crippen molar-refractivity contribution < 1.29 is 13.7 Å². The minimum absolute atomic E-state index is 0.0639. The van der Waals surface area contributed by atoms with Crippen LogP contribution in [0.25, 0.3) is 0 Å². The van der Waals surface area contributed by atoms with Gasteiger partial charge in [0.25, 0.3) is 14.4 Å². The summed E-state index contributed by atoms with van der Waals surface area (Å²) in [6.07, 6.45) is 0. The fourth-order valence-electron chi connectivity index (χ4n) is 2.52. The summed E-state index contributed by atoms with van der Waals surface area (Å²) in [6.45, 7) is 0.386. The molecule has 0 bridgehead atoms. The second kappa shape index (κ2) is 6.03. The fraction of sp³-hybridized carbons (Fsp3) is 0.188. The molecule has 2 aromatic carbocycles. The average Bonchev–Trinajstić information content (AvgIpc) is 2.55. The first-order valence-electron chi connectivity index (χ1n) is 6.85. The van der Waals surface area contributed by atoms with E-state index in [1.54, 1.807) is 23.9 Å². The number of para-hydroxylation sites is 1. The van der Waals surface area contributed by atoms with E-state index in [2.05, 4.69) is 0 Å². The Kier molecular flexibility index (Phi) is 4.10. The molecule has 0 radical (unpaired) electrons. The molecule has 114 valence electrons. The Hall–Kier alpha value is -1.97. The molecule has 1 aliphatic rings. The lowest BCUT2D eigenvalue weighted by molar-refractivity contribution is 0.0843. The summed E-state index contributed by atoms with van der Waals surface area (Å²) in [5, 5.41) is 0. The van der Waals surface area contributed by atoms with Gasteiger partial charge < -0.3 is 9.19 Å². The largest absolute Gasteiger partial charge is 0.326 e. The van der Waals surface area contributed by atoms with Crippen LogP contribution in [0.15, 0.2) is 48.5 Å². The predicted molar refractivity (Wildman–Crippen MR) is 85.0 cm³/mol. The van der Waals surface area contributed by atoms with E-state index in [1.807, 2.05) is 36.0 Å². The lowest BCUT2D eigenvalue weighted by Crippen LogP contribution is -2.37. The van der Waals surface area contributed by atoms with Gasteiger partial charge in [0.15, 0.2) is 0 Å². The summed E-state index contributed by atoms with van der Waals surface area (Å²) < 4.78 is 22.3. The highest BCUT2D eigenvalue weighted by Crippen LogP contribution is 2.52. The first-order chi connectivity index (χ1) is 10.6. The molecule has 0 fully saturated rings. The van der Waals surface area contributed by atoms with Gasteiger partial charge in [0, 0.05) is 14.2 Å². The maximum absolute atomic E-state index is 13.0. The van der Waals surface area contributed by atoms with Crippen molar-refractivity contribution in [1.29, 1.82) is 0 Å². The van der Waals surface area contributed by atoms with Gasteiger partial charge in [-0.15, -0.1) is 0 Å². The van der Waals surface area contributed by atoms with Gasteiger partial charge in [-0.25, -0.2) is 4.39 Å². The Morgan fingerprint density at radius 3 is 2.50 bits per heavy atom. The predicted octanol–water partition coefficient (Wildman–Crippen LogP) is 3.79. The van der Waals surface area contributed by atoms with Gasteiger partial charge in [-0.2, -0.15) is 0 Å². The molecule has 1 aliphatic heterocycles. The second-order valence-corrected chi connectivity index (χ2v) is 6.92. The van der Waals surface area contributed by atoms with E-state index >= 15 is 0 Å². The van der Waals surface area contributed by atoms with Crippen LogP contribution >= 0.6 is 8.45 Å². The Morgan fingerprint density at radius 2 is 1.82 bits per heavy atom. The molecule has 0 N–H and O–H groups in total. The van der Waals surface area contributed by atoms with Crippen LogP contribution in [0.1, 0.15) is 15.9 Å². The van der Waals surface area contributed by atoms with Crippen LogP contribution in [0.5, 0.6) is 0 Å². The van der Waals surface area contributed by atoms with Crippen molar-refractivity contribution >= 4 is 20.0 Å². The smallest absolute Gasteiger partial charge is 0.262 e. The summed E-state index contributed by atoms with van der Waals surface area (Å²) in [4.78, 5) is 12.8. The lowest BCUT2D eigenvalue weighted by Gasteiger charge is -2.41. The Labute approximate surface area is 130 Å². The van der Waals surface area contributed by atoms with Gasteiger partial charge in [-0.3, -0.25) is 9.46 Å². The highest BCUT2D eigenvalue weighted by atomic mass is 31.2. The van der Waals surface area contributed by atoms with Gasteiger partial charge in [-0.1, -0.05) is 24.3 Å². The molecule has 3 rings (SSSR count). The van der Waals surface area contributed by atoms with E-state index < -0.39 is 8.45 Å². The Balaban J connectivity index is 1.96. The quantitative estimate of drug-likeness (QED) is 0.807. The molecular formula is C16H16FN2O2P. The number of carbonyl (C=O) groups is 1. The molecule has 6 heteroatoms. The zero-order valence-electron chi connectivity index (χ0n) is 12.4. The van der Waals surface area contributed by atoms with Crippen LogP contribution in [0.4, 0.5) is 10.1 Å². The first-order valence-corrected chi connectivity index (χ1v) is 8.01. The molecule has 1 atom stereocenters. The summed E-state index contributed by atoms with van der Waals surface area (Å²) in [7, 11) is 2.29. The lowest BCUT2D eigenvalue weighted by atomic mass is 10.1. The summed E-state index contributed by atoms with van der Waals surface area (Å²) in [5.41, 5.74) is 2.39. The highest BCUT2D eigenvalue weighted by molar-refractivity contribution is 7.52. The van der Waals surface area contributed by atoms with E-state index in [0.717, 1.165) is 11.3 Å². The maximum Gasteiger partial charge on any atom is 0.262 e. The average molecular weight is 318 g/mol. The van der Waals surface area contributed by atoms with E-state index in [9.17, 15) is 9.18 Å². The molecule has 1 heterocycles. The zero-order valence-corrected chi connectivity index (χ0v) is 13.3. The van der Waals surface area contributed by atoms with E-state index in [1.165, 1.54) is 12.1 Å². The molecule has 0 aliphatic carbocycles. The molecule has 0 saturated carbocycles. The van der Waals surface area contributed by atoms with Crippen molar-refractivity contribution in [1.82, 2.24) is 4.67 Å². The van der Waals surface area contributed by atoms with E-state index in [0.29, 0.717) is 12.1 Å². The number of benzene rings is 2. The standard InChI is InChI=1S/C16H16FN2O2P/c1-18-15-6-4-3-5-14(15)16(20)19(22(18)21-2)11-12-7-9-13(17)10-8-12/h3-10H,11H2,1-2H3.